The van der Waals surface area contributed by atoms with Gasteiger partial charge in [0.2, 0.25) is 0 Å². The Balaban J connectivity index is 0.00000137. The minimum absolute atomic E-state index is 0.0379. The van der Waals surface area contributed by atoms with Crippen LogP contribution in [0.15, 0.2) is 35.1 Å². The van der Waals surface area contributed by atoms with E-state index in [1.807, 2.05) is 33.8 Å². The highest BCUT2D eigenvalue weighted by Crippen LogP contribution is 2.27. The largest absolute Gasteiger partial charge is 0.572 e. The molecule has 0 aromatic heterocycles. The van der Waals surface area contributed by atoms with Crippen molar-refractivity contribution >= 4 is 0 Å². The van der Waals surface area contributed by atoms with Crippen LogP contribution in [0.4, 0.5) is 13.2 Å². The summed E-state index contributed by atoms with van der Waals surface area (Å²) < 4.78 is 40.2. The van der Waals surface area contributed by atoms with Gasteiger partial charge in [-0.05, 0) is 24.5 Å². The Bertz CT molecular complexity index is 335. The molecule has 0 aromatic carbocycles. The zero-order valence-electron chi connectivity index (χ0n) is 11.4. The van der Waals surface area contributed by atoms with Crippen molar-refractivity contribution in [2.45, 2.75) is 53.3 Å². The van der Waals surface area contributed by atoms with Crippen molar-refractivity contribution in [3.63, 3.8) is 0 Å². The zero-order chi connectivity index (χ0) is 14.2. The lowest BCUT2D eigenvalue weighted by Crippen LogP contribution is -2.12. The van der Waals surface area contributed by atoms with Gasteiger partial charge in [-0.1, -0.05) is 45.4 Å². The molecule has 0 unspecified atom stereocenters. The fraction of sp³-hybridized carbons (Fsp3) is 0.571. The van der Waals surface area contributed by atoms with Gasteiger partial charge in [0.15, 0.2) is 0 Å². The Labute approximate surface area is 107 Å². The van der Waals surface area contributed by atoms with Crippen LogP contribution >= 0.6 is 0 Å². The molecule has 1 rings (SSSR count). The maximum atomic E-state index is 12.1. The van der Waals surface area contributed by atoms with E-state index in [-0.39, 0.29) is 12.2 Å². The van der Waals surface area contributed by atoms with E-state index < -0.39 is 6.36 Å². The van der Waals surface area contributed by atoms with E-state index in [2.05, 4.69) is 4.74 Å². The lowest BCUT2D eigenvalue weighted by molar-refractivity contribution is -0.306. The van der Waals surface area contributed by atoms with Gasteiger partial charge in [-0.2, -0.15) is 0 Å². The van der Waals surface area contributed by atoms with Gasteiger partial charge in [0.1, 0.15) is 5.76 Å². The number of hydrogen-bond acceptors (Lipinski definition) is 1. The fourth-order valence-electron chi connectivity index (χ4n) is 1.51. The fourth-order valence-corrected chi connectivity index (χ4v) is 1.51. The molecule has 0 N–H and O–H groups in total. The molecule has 104 valence electrons. The summed E-state index contributed by atoms with van der Waals surface area (Å²) in [5.74, 6) is -0.0379. The Hall–Kier alpha value is -1.19. The Kier molecular flexibility index (Phi) is 7.48. The van der Waals surface area contributed by atoms with E-state index in [1.54, 1.807) is 6.08 Å². The smallest absolute Gasteiger partial charge is 0.410 e. The molecule has 1 nitrogen and oxygen atoms in total. The normalized spacial score (nSPS) is 15.6. The summed E-state index contributed by atoms with van der Waals surface area (Å²) in [6.45, 7) is 7.89. The first-order valence-corrected chi connectivity index (χ1v) is 6.30. The van der Waals surface area contributed by atoms with Gasteiger partial charge < -0.3 is 4.74 Å². The molecular formula is C14H21F3O. The first kappa shape index (κ1) is 16.8. The van der Waals surface area contributed by atoms with Crippen LogP contribution < -0.4 is 0 Å². The maximum absolute atomic E-state index is 12.1. The maximum Gasteiger partial charge on any atom is 0.572 e. The third kappa shape index (κ3) is 6.52. The predicted molar refractivity (Wildman–Crippen MR) is 67.9 cm³/mol. The topological polar surface area (TPSA) is 9.23 Å². The lowest BCUT2D eigenvalue weighted by Gasteiger charge is -2.10. The summed E-state index contributed by atoms with van der Waals surface area (Å²) in [5.41, 5.74) is 1.92. The van der Waals surface area contributed by atoms with Crippen LogP contribution in [-0.4, -0.2) is 6.36 Å². The molecular weight excluding hydrogens is 241 g/mol. The van der Waals surface area contributed by atoms with Crippen LogP contribution in [-0.2, 0) is 4.74 Å². The second kappa shape index (κ2) is 8.01. The summed E-state index contributed by atoms with van der Waals surface area (Å²) in [4.78, 5) is 0. The van der Waals surface area contributed by atoms with Gasteiger partial charge in [-0.25, -0.2) is 0 Å². The van der Waals surface area contributed by atoms with Crippen molar-refractivity contribution in [1.82, 2.24) is 0 Å². The van der Waals surface area contributed by atoms with Gasteiger partial charge >= 0.3 is 6.36 Å². The van der Waals surface area contributed by atoms with Crippen LogP contribution in [0.3, 0.4) is 0 Å². The monoisotopic (exact) mass is 262 g/mol. The van der Waals surface area contributed by atoms with Crippen LogP contribution in [0.1, 0.15) is 47.0 Å². The Morgan fingerprint density at radius 3 is 2.06 bits per heavy atom. The van der Waals surface area contributed by atoms with Gasteiger partial charge in [0, 0.05) is 6.42 Å². The highest BCUT2D eigenvalue weighted by Gasteiger charge is 2.32. The van der Waals surface area contributed by atoms with Crippen molar-refractivity contribution in [3.05, 3.63) is 35.1 Å². The molecule has 0 saturated heterocycles. The average Bonchev–Trinajstić information content (AvgIpc) is 2.51. The van der Waals surface area contributed by atoms with E-state index in [4.69, 9.17) is 0 Å². The zero-order valence-corrected chi connectivity index (χ0v) is 11.4. The minimum atomic E-state index is -4.60. The van der Waals surface area contributed by atoms with Crippen LogP contribution in [0.5, 0.6) is 0 Å². The quantitative estimate of drug-likeness (QED) is 0.651. The molecule has 0 bridgehead atoms. The van der Waals surface area contributed by atoms with Crippen LogP contribution in [0, 0.1) is 0 Å². The highest BCUT2D eigenvalue weighted by molar-refractivity contribution is 5.35. The van der Waals surface area contributed by atoms with Gasteiger partial charge in [-0.15, -0.1) is 13.2 Å². The van der Waals surface area contributed by atoms with Crippen molar-refractivity contribution in [2.75, 3.05) is 0 Å². The highest BCUT2D eigenvalue weighted by atomic mass is 19.4. The average molecular weight is 262 g/mol. The number of allylic oxidation sites excluding steroid dienone is 5. The Morgan fingerprint density at radius 1 is 1.06 bits per heavy atom. The van der Waals surface area contributed by atoms with Gasteiger partial charge in [0.25, 0.3) is 0 Å². The first-order valence-electron chi connectivity index (χ1n) is 6.30. The SMILES string of the molecule is CC.CCC1=CCC(OC(F)(F)F)=CC(CC)=C1. The number of ether oxygens (including phenoxy) is 1. The summed E-state index contributed by atoms with van der Waals surface area (Å²) in [7, 11) is 0. The molecule has 1 aliphatic carbocycles. The molecule has 0 saturated carbocycles. The number of alkyl halides is 3. The molecule has 0 spiro atoms. The van der Waals surface area contributed by atoms with E-state index in [0.29, 0.717) is 6.42 Å². The van der Waals surface area contributed by atoms with Gasteiger partial charge in [0.05, 0.1) is 0 Å². The number of rotatable bonds is 3. The first-order chi connectivity index (χ1) is 8.44. The van der Waals surface area contributed by atoms with Crippen LogP contribution in [0.2, 0.25) is 0 Å². The molecule has 1 aliphatic rings. The standard InChI is InChI=1S/C12H15F3O.C2H6/c1-3-9-5-6-11(16-12(13,14)15)8-10(4-2)7-9;1-2/h5,7-8H,3-4,6H2,1-2H3;1-2H3. The van der Waals surface area contributed by atoms with E-state index >= 15 is 0 Å². The lowest BCUT2D eigenvalue weighted by atomic mass is 10.1. The molecule has 4 heteroatoms. The number of hydrogen-bond donors (Lipinski definition) is 0. The Morgan fingerprint density at radius 2 is 1.61 bits per heavy atom. The summed E-state index contributed by atoms with van der Waals surface area (Å²) in [5, 5.41) is 0. The molecule has 0 fully saturated rings. The summed E-state index contributed by atoms with van der Waals surface area (Å²) in [6, 6.07) is 0. The van der Waals surface area contributed by atoms with E-state index in [0.717, 1.165) is 17.6 Å². The summed E-state index contributed by atoms with van der Waals surface area (Å²) in [6.07, 6.45) is 2.29. The molecule has 0 aromatic rings. The van der Waals surface area contributed by atoms with Crippen molar-refractivity contribution in [1.29, 1.82) is 0 Å². The third-order valence-electron chi connectivity index (χ3n) is 2.35. The molecule has 0 atom stereocenters. The minimum Gasteiger partial charge on any atom is -0.410 e. The predicted octanol–water partition coefficient (Wildman–Crippen LogP) is 5.51. The molecule has 0 aliphatic heterocycles. The molecule has 18 heavy (non-hydrogen) atoms. The number of halogens is 3. The summed E-state index contributed by atoms with van der Waals surface area (Å²) >= 11 is 0. The van der Waals surface area contributed by atoms with Crippen molar-refractivity contribution in [2.24, 2.45) is 0 Å². The second-order valence-electron chi connectivity index (χ2n) is 3.57. The van der Waals surface area contributed by atoms with Crippen molar-refractivity contribution < 1.29 is 17.9 Å². The van der Waals surface area contributed by atoms with Crippen molar-refractivity contribution in [3.8, 4) is 0 Å². The van der Waals surface area contributed by atoms with E-state index in [1.165, 1.54) is 6.08 Å². The van der Waals surface area contributed by atoms with Gasteiger partial charge in [-0.3, -0.25) is 0 Å². The third-order valence-corrected chi connectivity index (χ3v) is 2.35. The molecule has 0 radical (unpaired) electrons. The van der Waals surface area contributed by atoms with E-state index in [9.17, 15) is 13.2 Å². The second-order valence-corrected chi connectivity index (χ2v) is 3.57. The van der Waals surface area contributed by atoms with Crippen LogP contribution in [0.25, 0.3) is 0 Å². The molecule has 0 heterocycles. The molecule has 0 amide bonds.